The Kier molecular flexibility index (Phi) is 5.68. The SMILES string of the molecule is CCCNC(C)(CCSc1nccn1C)C(=O)O. The summed E-state index contributed by atoms with van der Waals surface area (Å²) in [7, 11) is 1.93. The van der Waals surface area contributed by atoms with E-state index in [1.807, 2.05) is 24.7 Å². The van der Waals surface area contributed by atoms with Crippen molar-refractivity contribution in [1.82, 2.24) is 14.9 Å². The van der Waals surface area contributed by atoms with Gasteiger partial charge in [-0.25, -0.2) is 4.98 Å². The molecular formula is C12H21N3O2S. The van der Waals surface area contributed by atoms with Gasteiger partial charge in [0.25, 0.3) is 0 Å². The van der Waals surface area contributed by atoms with E-state index < -0.39 is 11.5 Å². The third kappa shape index (κ3) is 4.03. The molecule has 0 amide bonds. The highest BCUT2D eigenvalue weighted by molar-refractivity contribution is 7.99. The Morgan fingerprint density at radius 1 is 1.67 bits per heavy atom. The highest BCUT2D eigenvalue weighted by Gasteiger charge is 2.31. The molecule has 0 spiro atoms. The fourth-order valence-corrected chi connectivity index (χ4v) is 2.60. The zero-order valence-corrected chi connectivity index (χ0v) is 12.0. The van der Waals surface area contributed by atoms with Crippen LogP contribution in [-0.4, -0.2) is 38.5 Å². The number of carboxylic acids is 1. The van der Waals surface area contributed by atoms with E-state index in [-0.39, 0.29) is 0 Å². The Hall–Kier alpha value is -1.01. The van der Waals surface area contributed by atoms with Crippen LogP contribution >= 0.6 is 11.8 Å². The summed E-state index contributed by atoms with van der Waals surface area (Å²) in [5.74, 6) is -0.0685. The summed E-state index contributed by atoms with van der Waals surface area (Å²) < 4.78 is 1.93. The molecule has 6 heteroatoms. The summed E-state index contributed by atoms with van der Waals surface area (Å²) in [6.07, 6.45) is 5.12. The van der Waals surface area contributed by atoms with Crippen LogP contribution in [0.1, 0.15) is 26.7 Å². The minimum Gasteiger partial charge on any atom is -0.480 e. The minimum atomic E-state index is -0.853. The smallest absolute Gasteiger partial charge is 0.323 e. The Labute approximate surface area is 112 Å². The topological polar surface area (TPSA) is 67.2 Å². The average molecular weight is 271 g/mol. The number of nitrogens with one attached hydrogen (secondary N) is 1. The fraction of sp³-hybridized carbons (Fsp3) is 0.667. The molecule has 18 heavy (non-hydrogen) atoms. The number of aromatic nitrogens is 2. The zero-order chi connectivity index (χ0) is 13.6. The molecule has 5 nitrogen and oxygen atoms in total. The molecule has 0 fully saturated rings. The van der Waals surface area contributed by atoms with Crippen LogP contribution in [0.3, 0.4) is 0 Å². The third-order valence-electron chi connectivity index (χ3n) is 2.85. The lowest BCUT2D eigenvalue weighted by atomic mass is 9.99. The number of aliphatic carboxylic acids is 1. The van der Waals surface area contributed by atoms with E-state index in [2.05, 4.69) is 10.3 Å². The molecule has 0 saturated carbocycles. The van der Waals surface area contributed by atoms with E-state index in [0.717, 1.165) is 23.9 Å². The first-order valence-electron chi connectivity index (χ1n) is 6.08. The van der Waals surface area contributed by atoms with E-state index in [1.165, 1.54) is 0 Å². The van der Waals surface area contributed by atoms with Gasteiger partial charge in [-0.05, 0) is 26.3 Å². The number of hydrogen-bond acceptors (Lipinski definition) is 4. The second-order valence-electron chi connectivity index (χ2n) is 4.48. The van der Waals surface area contributed by atoms with Gasteiger partial charge >= 0.3 is 5.97 Å². The quantitative estimate of drug-likeness (QED) is 0.705. The van der Waals surface area contributed by atoms with Crippen molar-refractivity contribution in [3.05, 3.63) is 12.4 Å². The summed E-state index contributed by atoms with van der Waals surface area (Å²) in [6.45, 7) is 4.48. The van der Waals surface area contributed by atoms with E-state index >= 15 is 0 Å². The second-order valence-corrected chi connectivity index (χ2v) is 5.55. The number of rotatable bonds is 8. The number of carbonyl (C=O) groups is 1. The Balaban J connectivity index is 2.47. The normalized spacial score (nSPS) is 14.4. The Morgan fingerprint density at radius 3 is 2.89 bits per heavy atom. The van der Waals surface area contributed by atoms with Crippen molar-refractivity contribution < 1.29 is 9.90 Å². The number of nitrogens with zero attached hydrogens (tertiary/aromatic N) is 2. The molecule has 0 radical (unpaired) electrons. The van der Waals surface area contributed by atoms with Crippen molar-refractivity contribution in [3.8, 4) is 0 Å². The predicted molar refractivity (Wildman–Crippen MR) is 72.9 cm³/mol. The van der Waals surface area contributed by atoms with Crippen LogP contribution in [0.2, 0.25) is 0 Å². The molecule has 1 aromatic heterocycles. The fourth-order valence-electron chi connectivity index (χ4n) is 1.51. The van der Waals surface area contributed by atoms with E-state index in [9.17, 15) is 9.90 Å². The summed E-state index contributed by atoms with van der Waals surface area (Å²) >= 11 is 1.58. The van der Waals surface area contributed by atoms with Gasteiger partial charge in [-0.1, -0.05) is 18.7 Å². The lowest BCUT2D eigenvalue weighted by molar-refractivity contribution is -0.144. The van der Waals surface area contributed by atoms with Crippen molar-refractivity contribution in [3.63, 3.8) is 0 Å². The van der Waals surface area contributed by atoms with Crippen molar-refractivity contribution in [2.24, 2.45) is 7.05 Å². The largest absolute Gasteiger partial charge is 0.480 e. The molecule has 0 aliphatic rings. The second kappa shape index (κ2) is 6.80. The number of carboxylic acid groups (broad SMARTS) is 1. The standard InChI is InChI=1S/C12H21N3O2S/c1-4-6-14-12(2,10(16)17)5-9-18-11-13-7-8-15(11)3/h7-8,14H,4-6,9H2,1-3H3,(H,16,17). The third-order valence-corrected chi connectivity index (χ3v) is 3.91. The van der Waals surface area contributed by atoms with Crippen LogP contribution in [-0.2, 0) is 11.8 Å². The van der Waals surface area contributed by atoms with Gasteiger partial charge in [-0.3, -0.25) is 4.79 Å². The molecule has 0 saturated heterocycles. The molecule has 0 aromatic carbocycles. The van der Waals surface area contributed by atoms with Crippen molar-refractivity contribution in [1.29, 1.82) is 0 Å². The number of thioether (sulfide) groups is 1. The van der Waals surface area contributed by atoms with Gasteiger partial charge in [-0.15, -0.1) is 0 Å². The summed E-state index contributed by atoms with van der Waals surface area (Å²) in [5.41, 5.74) is -0.853. The average Bonchev–Trinajstić information content (AvgIpc) is 2.72. The van der Waals surface area contributed by atoms with Crippen LogP contribution < -0.4 is 5.32 Å². The van der Waals surface area contributed by atoms with Crippen molar-refractivity contribution >= 4 is 17.7 Å². The van der Waals surface area contributed by atoms with Gasteiger partial charge in [-0.2, -0.15) is 0 Å². The van der Waals surface area contributed by atoms with Crippen LogP contribution in [0.15, 0.2) is 17.6 Å². The molecule has 1 aromatic rings. The lowest BCUT2D eigenvalue weighted by Gasteiger charge is -2.25. The maximum atomic E-state index is 11.3. The number of imidazole rings is 1. The first-order chi connectivity index (χ1) is 8.49. The first kappa shape index (κ1) is 15.0. The van der Waals surface area contributed by atoms with Crippen LogP contribution in [0.4, 0.5) is 0 Å². The van der Waals surface area contributed by atoms with Crippen LogP contribution in [0.5, 0.6) is 0 Å². The molecule has 2 N–H and O–H groups in total. The summed E-state index contributed by atoms with van der Waals surface area (Å²) in [4.78, 5) is 15.5. The van der Waals surface area contributed by atoms with E-state index in [0.29, 0.717) is 6.42 Å². The predicted octanol–water partition coefficient (Wildman–Crippen LogP) is 1.75. The Bertz CT molecular complexity index is 394. The highest BCUT2D eigenvalue weighted by Crippen LogP contribution is 2.20. The van der Waals surface area contributed by atoms with Crippen LogP contribution in [0, 0.1) is 0 Å². The summed E-state index contributed by atoms with van der Waals surface area (Å²) in [5, 5.41) is 13.3. The maximum absolute atomic E-state index is 11.3. The van der Waals surface area contributed by atoms with Gasteiger partial charge in [0.1, 0.15) is 5.54 Å². The number of hydrogen-bond donors (Lipinski definition) is 2. The monoisotopic (exact) mass is 271 g/mol. The van der Waals surface area contributed by atoms with Gasteiger partial charge < -0.3 is 15.0 Å². The highest BCUT2D eigenvalue weighted by atomic mass is 32.2. The zero-order valence-electron chi connectivity index (χ0n) is 11.1. The van der Waals surface area contributed by atoms with Gasteiger partial charge in [0.15, 0.2) is 5.16 Å². The van der Waals surface area contributed by atoms with Gasteiger partial charge in [0, 0.05) is 25.2 Å². The number of aryl methyl sites for hydroxylation is 1. The molecule has 1 unspecified atom stereocenters. The van der Waals surface area contributed by atoms with Crippen molar-refractivity contribution in [2.45, 2.75) is 37.4 Å². The first-order valence-corrected chi connectivity index (χ1v) is 7.06. The lowest BCUT2D eigenvalue weighted by Crippen LogP contribution is -2.50. The molecule has 0 bridgehead atoms. The molecule has 102 valence electrons. The molecule has 1 rings (SSSR count). The van der Waals surface area contributed by atoms with E-state index in [1.54, 1.807) is 24.9 Å². The Morgan fingerprint density at radius 2 is 2.39 bits per heavy atom. The summed E-state index contributed by atoms with van der Waals surface area (Å²) in [6, 6.07) is 0. The molecule has 1 atom stereocenters. The molecule has 1 heterocycles. The van der Waals surface area contributed by atoms with Crippen molar-refractivity contribution in [2.75, 3.05) is 12.3 Å². The van der Waals surface area contributed by atoms with Gasteiger partial charge in [0.05, 0.1) is 0 Å². The molecule has 0 aliphatic carbocycles. The van der Waals surface area contributed by atoms with E-state index in [4.69, 9.17) is 0 Å². The van der Waals surface area contributed by atoms with Gasteiger partial charge in [0.2, 0.25) is 0 Å². The molecule has 0 aliphatic heterocycles. The van der Waals surface area contributed by atoms with Crippen LogP contribution in [0.25, 0.3) is 0 Å². The maximum Gasteiger partial charge on any atom is 0.323 e. The minimum absolute atomic E-state index is 0.569. The molecular weight excluding hydrogens is 250 g/mol.